The molecule has 0 unspecified atom stereocenters. The number of ether oxygens (including phenoxy) is 2. The van der Waals surface area contributed by atoms with Crippen LogP contribution in [0.1, 0.15) is 11.1 Å². The summed E-state index contributed by atoms with van der Waals surface area (Å²) in [6, 6.07) is 23.9. The predicted molar refractivity (Wildman–Crippen MR) is 126 cm³/mol. The van der Waals surface area contributed by atoms with Crippen LogP contribution in [0.3, 0.4) is 0 Å². The van der Waals surface area contributed by atoms with E-state index < -0.39 is 11.8 Å². The lowest BCUT2D eigenvalue weighted by atomic mass is 10.1. The van der Waals surface area contributed by atoms with Crippen LogP contribution in [0.15, 0.2) is 84.4 Å². The molecule has 0 atom stereocenters. The molecule has 2 amide bonds. The molecule has 3 aromatic rings. The lowest BCUT2D eigenvalue weighted by molar-refractivity contribution is -0.122. The Hall–Kier alpha value is -3.97. The van der Waals surface area contributed by atoms with Gasteiger partial charge in [0.25, 0.3) is 11.8 Å². The molecular formula is C25H20N2O4S. The van der Waals surface area contributed by atoms with Crippen molar-refractivity contribution in [2.24, 2.45) is 0 Å². The second-order valence-electron chi connectivity index (χ2n) is 7.00. The molecule has 0 aliphatic carbocycles. The Bertz CT molecular complexity index is 1190. The average Bonchev–Trinajstić information content (AvgIpc) is 2.82. The number of thiocarbonyl (C=S) groups is 1. The molecule has 4 rings (SSSR count). The smallest absolute Gasteiger partial charge is 0.270 e. The minimum absolute atomic E-state index is 0.0189. The van der Waals surface area contributed by atoms with E-state index in [2.05, 4.69) is 5.32 Å². The Morgan fingerprint density at radius 2 is 1.69 bits per heavy atom. The second kappa shape index (κ2) is 9.45. The van der Waals surface area contributed by atoms with Crippen molar-refractivity contribution < 1.29 is 19.1 Å². The first-order valence-corrected chi connectivity index (χ1v) is 10.3. The largest absolute Gasteiger partial charge is 0.497 e. The Kier molecular flexibility index (Phi) is 6.28. The number of hydrogen-bond acceptors (Lipinski definition) is 5. The van der Waals surface area contributed by atoms with Crippen LogP contribution in [0, 0.1) is 0 Å². The SMILES string of the molecule is COc1ccc(N2C(=O)C(=Cc3cccc(OCc4ccccc4)c3)C(=O)NC2=S)cc1. The number of methoxy groups -OCH3 is 1. The van der Waals surface area contributed by atoms with Crippen LogP contribution in [-0.2, 0) is 16.2 Å². The quantitative estimate of drug-likeness (QED) is 0.352. The van der Waals surface area contributed by atoms with Crippen molar-refractivity contribution >= 4 is 40.9 Å². The van der Waals surface area contributed by atoms with Crippen molar-refractivity contribution in [3.8, 4) is 11.5 Å². The molecule has 1 aliphatic rings. The summed E-state index contributed by atoms with van der Waals surface area (Å²) in [7, 11) is 1.56. The maximum absolute atomic E-state index is 13.1. The third kappa shape index (κ3) is 4.68. The number of anilines is 1. The molecule has 1 fully saturated rings. The zero-order valence-electron chi connectivity index (χ0n) is 17.3. The molecule has 3 aromatic carbocycles. The van der Waals surface area contributed by atoms with Gasteiger partial charge in [-0.25, -0.2) is 0 Å². The number of rotatable bonds is 6. The first-order chi connectivity index (χ1) is 15.5. The summed E-state index contributed by atoms with van der Waals surface area (Å²) in [6.45, 7) is 0.416. The van der Waals surface area contributed by atoms with Gasteiger partial charge in [0.05, 0.1) is 12.8 Å². The van der Waals surface area contributed by atoms with Crippen molar-refractivity contribution in [2.75, 3.05) is 12.0 Å². The molecular weight excluding hydrogens is 424 g/mol. The molecule has 0 spiro atoms. The van der Waals surface area contributed by atoms with Crippen LogP contribution < -0.4 is 19.7 Å². The number of amides is 2. The van der Waals surface area contributed by atoms with Gasteiger partial charge in [0.2, 0.25) is 0 Å². The highest BCUT2D eigenvalue weighted by molar-refractivity contribution is 7.80. The molecule has 0 aromatic heterocycles. The van der Waals surface area contributed by atoms with Gasteiger partial charge in [-0.2, -0.15) is 0 Å². The highest BCUT2D eigenvalue weighted by atomic mass is 32.1. The fraction of sp³-hybridized carbons (Fsp3) is 0.0800. The van der Waals surface area contributed by atoms with E-state index in [1.165, 1.54) is 11.0 Å². The number of nitrogens with zero attached hydrogens (tertiary/aromatic N) is 1. The number of benzene rings is 3. The topological polar surface area (TPSA) is 67.9 Å². The van der Waals surface area contributed by atoms with Crippen molar-refractivity contribution in [1.82, 2.24) is 5.32 Å². The predicted octanol–water partition coefficient (Wildman–Crippen LogP) is 4.11. The molecule has 6 nitrogen and oxygen atoms in total. The molecule has 1 heterocycles. The van der Waals surface area contributed by atoms with Gasteiger partial charge in [-0.05, 0) is 65.8 Å². The fourth-order valence-corrected chi connectivity index (χ4v) is 3.51. The normalized spacial score (nSPS) is 15.0. The Morgan fingerprint density at radius 1 is 0.938 bits per heavy atom. The summed E-state index contributed by atoms with van der Waals surface area (Å²) < 4.78 is 11.0. The molecule has 7 heteroatoms. The van der Waals surface area contributed by atoms with E-state index in [1.807, 2.05) is 42.5 Å². The second-order valence-corrected chi connectivity index (χ2v) is 7.39. The summed E-state index contributed by atoms with van der Waals surface area (Å²) in [5.41, 5.74) is 2.22. The van der Waals surface area contributed by atoms with Crippen LogP contribution in [0.5, 0.6) is 11.5 Å². The molecule has 1 aliphatic heterocycles. The van der Waals surface area contributed by atoms with Crippen molar-refractivity contribution in [1.29, 1.82) is 0 Å². The average molecular weight is 445 g/mol. The summed E-state index contributed by atoms with van der Waals surface area (Å²) >= 11 is 5.24. The molecule has 32 heavy (non-hydrogen) atoms. The lowest BCUT2D eigenvalue weighted by Crippen LogP contribution is -2.54. The van der Waals surface area contributed by atoms with E-state index >= 15 is 0 Å². The molecule has 0 radical (unpaired) electrons. The van der Waals surface area contributed by atoms with E-state index in [-0.39, 0.29) is 10.7 Å². The molecule has 1 saturated heterocycles. The van der Waals surface area contributed by atoms with Crippen LogP contribution in [-0.4, -0.2) is 24.0 Å². The summed E-state index contributed by atoms with van der Waals surface area (Å²) in [6.07, 6.45) is 1.53. The van der Waals surface area contributed by atoms with Crippen molar-refractivity contribution in [3.63, 3.8) is 0 Å². The minimum Gasteiger partial charge on any atom is -0.497 e. The van der Waals surface area contributed by atoms with Gasteiger partial charge in [0, 0.05) is 0 Å². The summed E-state index contributed by atoms with van der Waals surface area (Å²) in [5.74, 6) is 0.241. The van der Waals surface area contributed by atoms with Crippen molar-refractivity contribution in [2.45, 2.75) is 6.61 Å². The van der Waals surface area contributed by atoms with Crippen LogP contribution in [0.4, 0.5) is 5.69 Å². The first kappa shape index (κ1) is 21.3. The van der Waals surface area contributed by atoms with Crippen LogP contribution in [0.25, 0.3) is 6.08 Å². The molecule has 0 bridgehead atoms. The lowest BCUT2D eigenvalue weighted by Gasteiger charge is -2.29. The number of carbonyl (C=O) groups excluding carboxylic acids is 2. The van der Waals surface area contributed by atoms with Gasteiger partial charge in [-0.1, -0.05) is 42.5 Å². The van der Waals surface area contributed by atoms with Gasteiger partial charge < -0.3 is 9.47 Å². The fourth-order valence-electron chi connectivity index (χ4n) is 3.22. The standard InChI is InChI=1S/C25H20N2O4S/c1-30-20-12-10-19(11-13-20)27-24(29)22(23(28)26-25(27)32)15-18-8-5-9-21(14-18)31-16-17-6-3-2-4-7-17/h2-15H,16H2,1H3,(H,26,28,32). The van der Waals surface area contributed by atoms with E-state index in [9.17, 15) is 9.59 Å². The maximum Gasteiger partial charge on any atom is 0.270 e. The van der Waals surface area contributed by atoms with Crippen LogP contribution in [0.2, 0.25) is 0 Å². The maximum atomic E-state index is 13.1. The Balaban J connectivity index is 1.57. The summed E-state index contributed by atoms with van der Waals surface area (Å²) in [5, 5.41) is 2.62. The summed E-state index contributed by atoms with van der Waals surface area (Å²) in [4.78, 5) is 27.0. The number of hydrogen-bond donors (Lipinski definition) is 1. The number of carbonyl (C=O) groups is 2. The Morgan fingerprint density at radius 3 is 2.41 bits per heavy atom. The molecule has 160 valence electrons. The third-order valence-corrected chi connectivity index (χ3v) is 5.13. The third-order valence-electron chi connectivity index (χ3n) is 4.85. The van der Waals surface area contributed by atoms with E-state index in [0.717, 1.165) is 5.56 Å². The van der Waals surface area contributed by atoms with Gasteiger partial charge in [0.1, 0.15) is 23.7 Å². The van der Waals surface area contributed by atoms with E-state index in [1.54, 1.807) is 43.5 Å². The van der Waals surface area contributed by atoms with E-state index in [4.69, 9.17) is 21.7 Å². The van der Waals surface area contributed by atoms with Gasteiger partial charge in [0.15, 0.2) is 5.11 Å². The van der Waals surface area contributed by atoms with Crippen LogP contribution >= 0.6 is 12.2 Å². The van der Waals surface area contributed by atoms with Gasteiger partial charge in [-0.3, -0.25) is 19.8 Å². The number of nitrogens with one attached hydrogen (secondary N) is 1. The van der Waals surface area contributed by atoms with Gasteiger partial charge in [-0.15, -0.1) is 0 Å². The van der Waals surface area contributed by atoms with Gasteiger partial charge >= 0.3 is 0 Å². The minimum atomic E-state index is -0.541. The highest BCUT2D eigenvalue weighted by Crippen LogP contribution is 2.25. The molecule has 1 N–H and O–H groups in total. The molecule has 0 saturated carbocycles. The zero-order chi connectivity index (χ0) is 22.5. The monoisotopic (exact) mass is 444 g/mol. The first-order valence-electron chi connectivity index (χ1n) is 9.87. The highest BCUT2D eigenvalue weighted by Gasteiger charge is 2.34. The zero-order valence-corrected chi connectivity index (χ0v) is 18.1. The van der Waals surface area contributed by atoms with E-state index in [0.29, 0.717) is 29.4 Å². The Labute approximate surface area is 191 Å². The van der Waals surface area contributed by atoms with Crippen molar-refractivity contribution in [3.05, 3.63) is 95.6 Å².